The van der Waals surface area contributed by atoms with Crippen molar-refractivity contribution in [1.29, 1.82) is 0 Å². The molecule has 5 rings (SSSR count). The molecule has 1 aliphatic rings. The zero-order valence-corrected chi connectivity index (χ0v) is 21.9. The van der Waals surface area contributed by atoms with E-state index in [0.717, 1.165) is 11.6 Å². The van der Waals surface area contributed by atoms with Crippen LogP contribution in [-0.2, 0) is 17.8 Å². The van der Waals surface area contributed by atoms with E-state index in [1.807, 2.05) is 30.3 Å². The SMILES string of the molecule is COc1cc(-c2cn(C3CCc4c(F)cccc4N(CC(F)(F)F)C3=O)nn2)ccc1C(=O)NCc1ccccc1. The third kappa shape index (κ3) is 6.06. The molecule has 12 heteroatoms. The number of hydrogen-bond donors (Lipinski definition) is 1. The molecule has 1 aliphatic heterocycles. The van der Waals surface area contributed by atoms with Gasteiger partial charge >= 0.3 is 6.18 Å². The van der Waals surface area contributed by atoms with Gasteiger partial charge in [0.15, 0.2) is 0 Å². The highest BCUT2D eigenvalue weighted by Gasteiger charge is 2.40. The minimum Gasteiger partial charge on any atom is -0.496 e. The van der Waals surface area contributed by atoms with E-state index in [4.69, 9.17) is 4.74 Å². The first-order chi connectivity index (χ1) is 19.6. The number of aromatic nitrogens is 3. The largest absolute Gasteiger partial charge is 0.496 e. The van der Waals surface area contributed by atoms with Crippen LogP contribution in [0.25, 0.3) is 11.3 Å². The molecule has 212 valence electrons. The molecule has 0 saturated heterocycles. The van der Waals surface area contributed by atoms with E-state index in [0.29, 0.717) is 28.3 Å². The van der Waals surface area contributed by atoms with Crippen LogP contribution in [0.5, 0.6) is 5.75 Å². The van der Waals surface area contributed by atoms with Gasteiger partial charge in [0.1, 0.15) is 29.8 Å². The average molecular weight is 568 g/mol. The maximum absolute atomic E-state index is 14.5. The number of amides is 2. The van der Waals surface area contributed by atoms with Crippen molar-refractivity contribution in [3.63, 3.8) is 0 Å². The van der Waals surface area contributed by atoms with E-state index in [1.165, 1.54) is 30.1 Å². The van der Waals surface area contributed by atoms with Crippen LogP contribution < -0.4 is 15.0 Å². The summed E-state index contributed by atoms with van der Waals surface area (Å²) in [5.41, 5.74) is 1.97. The first-order valence-corrected chi connectivity index (χ1v) is 12.7. The van der Waals surface area contributed by atoms with Gasteiger partial charge in [-0.05, 0) is 42.7 Å². The summed E-state index contributed by atoms with van der Waals surface area (Å²) in [6.45, 7) is -1.24. The van der Waals surface area contributed by atoms with Crippen LogP contribution in [-0.4, -0.2) is 46.6 Å². The summed E-state index contributed by atoms with van der Waals surface area (Å²) in [7, 11) is 1.42. The molecule has 0 radical (unpaired) electrons. The maximum Gasteiger partial charge on any atom is 0.406 e. The second-order valence-electron chi connectivity index (χ2n) is 9.50. The zero-order valence-electron chi connectivity index (χ0n) is 21.9. The molecular formula is C29H25F4N5O3. The number of benzene rings is 3. The number of alkyl halides is 3. The van der Waals surface area contributed by atoms with E-state index >= 15 is 0 Å². The van der Waals surface area contributed by atoms with E-state index in [2.05, 4.69) is 15.6 Å². The van der Waals surface area contributed by atoms with Crippen molar-refractivity contribution in [3.8, 4) is 17.0 Å². The number of anilines is 1. The summed E-state index contributed by atoms with van der Waals surface area (Å²) in [6.07, 6.45) is -3.21. The molecule has 41 heavy (non-hydrogen) atoms. The quantitative estimate of drug-likeness (QED) is 0.314. The molecule has 0 fully saturated rings. The van der Waals surface area contributed by atoms with Gasteiger partial charge in [0.2, 0.25) is 0 Å². The fourth-order valence-corrected chi connectivity index (χ4v) is 4.81. The lowest BCUT2D eigenvalue weighted by Gasteiger charge is -2.26. The van der Waals surface area contributed by atoms with E-state index in [9.17, 15) is 27.2 Å². The Morgan fingerprint density at radius 3 is 2.61 bits per heavy atom. The van der Waals surface area contributed by atoms with Gasteiger partial charge in [0.25, 0.3) is 11.8 Å². The van der Waals surface area contributed by atoms with Gasteiger partial charge in [-0.25, -0.2) is 9.07 Å². The van der Waals surface area contributed by atoms with Gasteiger partial charge in [-0.3, -0.25) is 9.59 Å². The summed E-state index contributed by atoms with van der Waals surface area (Å²) < 4.78 is 61.4. The fourth-order valence-electron chi connectivity index (χ4n) is 4.81. The molecule has 1 unspecified atom stereocenters. The highest BCUT2D eigenvalue weighted by atomic mass is 19.4. The molecule has 0 saturated carbocycles. The molecular weight excluding hydrogens is 542 g/mol. The Hall–Kier alpha value is -4.74. The van der Waals surface area contributed by atoms with E-state index in [1.54, 1.807) is 18.2 Å². The number of hydrogen-bond acceptors (Lipinski definition) is 5. The Morgan fingerprint density at radius 1 is 1.10 bits per heavy atom. The topological polar surface area (TPSA) is 89.3 Å². The lowest BCUT2D eigenvalue weighted by molar-refractivity contribution is -0.134. The van der Waals surface area contributed by atoms with Crippen molar-refractivity contribution in [2.75, 3.05) is 18.6 Å². The molecule has 0 aliphatic carbocycles. The number of nitrogens with one attached hydrogen (secondary N) is 1. The molecule has 0 bridgehead atoms. The highest BCUT2D eigenvalue weighted by Crippen LogP contribution is 2.35. The molecule has 4 aromatic rings. The molecule has 8 nitrogen and oxygen atoms in total. The predicted octanol–water partition coefficient (Wildman–Crippen LogP) is 5.11. The van der Waals surface area contributed by atoms with Gasteiger partial charge in [-0.15, -0.1) is 5.10 Å². The van der Waals surface area contributed by atoms with Crippen molar-refractivity contribution in [1.82, 2.24) is 20.3 Å². The number of fused-ring (bicyclic) bond motifs is 1. The summed E-state index contributed by atoms with van der Waals surface area (Å²) in [4.78, 5) is 26.7. The first kappa shape index (κ1) is 27.8. The van der Waals surface area contributed by atoms with Crippen molar-refractivity contribution in [2.24, 2.45) is 0 Å². The lowest BCUT2D eigenvalue weighted by Crippen LogP contribution is -2.42. The number of nitrogens with zero attached hydrogens (tertiary/aromatic N) is 4. The lowest BCUT2D eigenvalue weighted by atomic mass is 10.1. The van der Waals surface area contributed by atoms with Crippen molar-refractivity contribution in [2.45, 2.75) is 31.6 Å². The fraction of sp³-hybridized carbons (Fsp3) is 0.241. The Morgan fingerprint density at radius 2 is 1.88 bits per heavy atom. The number of carbonyl (C=O) groups excluding carboxylic acids is 2. The Kier molecular flexibility index (Phi) is 7.73. The van der Waals surface area contributed by atoms with Crippen LogP contribution in [0.1, 0.15) is 33.9 Å². The Labute approximate surface area is 232 Å². The first-order valence-electron chi connectivity index (χ1n) is 12.7. The van der Waals surface area contributed by atoms with Crippen molar-refractivity contribution in [3.05, 3.63) is 95.4 Å². The number of methoxy groups -OCH3 is 1. The molecule has 1 aromatic heterocycles. The molecule has 0 spiro atoms. The second kappa shape index (κ2) is 11.4. The average Bonchev–Trinajstić information content (AvgIpc) is 3.40. The zero-order chi connectivity index (χ0) is 29.1. The summed E-state index contributed by atoms with van der Waals surface area (Å²) in [5, 5.41) is 11.0. The summed E-state index contributed by atoms with van der Waals surface area (Å²) >= 11 is 0. The maximum atomic E-state index is 14.5. The van der Waals surface area contributed by atoms with Gasteiger partial charge in [-0.2, -0.15) is 13.2 Å². The Balaban J connectivity index is 1.39. The second-order valence-corrected chi connectivity index (χ2v) is 9.50. The van der Waals surface area contributed by atoms with Gasteiger partial charge < -0.3 is 15.0 Å². The van der Waals surface area contributed by atoms with E-state index < -0.39 is 30.5 Å². The number of ether oxygens (including phenoxy) is 1. The third-order valence-corrected chi connectivity index (χ3v) is 6.81. The highest BCUT2D eigenvalue weighted by molar-refractivity contribution is 5.98. The van der Waals surface area contributed by atoms with Crippen molar-refractivity contribution >= 4 is 17.5 Å². The smallest absolute Gasteiger partial charge is 0.406 e. The monoisotopic (exact) mass is 567 g/mol. The van der Waals surface area contributed by atoms with Gasteiger partial charge in [-0.1, -0.05) is 47.7 Å². The molecule has 1 atom stereocenters. The van der Waals surface area contributed by atoms with E-state index in [-0.39, 0.29) is 35.7 Å². The van der Waals surface area contributed by atoms with Crippen LogP contribution in [0, 0.1) is 5.82 Å². The number of carbonyl (C=O) groups is 2. The third-order valence-electron chi connectivity index (χ3n) is 6.81. The predicted molar refractivity (Wildman–Crippen MR) is 142 cm³/mol. The molecule has 1 N–H and O–H groups in total. The normalized spacial score (nSPS) is 15.3. The minimum absolute atomic E-state index is 0.0216. The van der Waals surface area contributed by atoms with Crippen LogP contribution >= 0.6 is 0 Å². The van der Waals surface area contributed by atoms with Crippen LogP contribution in [0.3, 0.4) is 0 Å². The van der Waals surface area contributed by atoms with Gasteiger partial charge in [0.05, 0.1) is 24.6 Å². The number of rotatable bonds is 7. The van der Waals surface area contributed by atoms with Crippen LogP contribution in [0.15, 0.2) is 72.9 Å². The minimum atomic E-state index is -4.70. The molecule has 3 aromatic carbocycles. The summed E-state index contributed by atoms with van der Waals surface area (Å²) in [5.74, 6) is -1.62. The van der Waals surface area contributed by atoms with Crippen LogP contribution in [0.4, 0.5) is 23.2 Å². The number of halogens is 4. The Bertz CT molecular complexity index is 1570. The van der Waals surface area contributed by atoms with Crippen LogP contribution in [0.2, 0.25) is 0 Å². The molecule has 2 heterocycles. The van der Waals surface area contributed by atoms with Crippen molar-refractivity contribution < 1.29 is 31.9 Å². The molecule has 2 amide bonds. The van der Waals surface area contributed by atoms with Gasteiger partial charge in [0, 0.05) is 17.7 Å². The standard InChI is InChI=1S/C29H25F4N5O3/c1-41-26-14-19(10-11-21(26)27(39)34-15-18-6-3-2-4-7-18)23-16-38(36-35-23)25-13-12-20-22(30)8-5-9-24(20)37(28(25)40)17-29(31,32)33/h2-11,14,16,25H,12-13,15,17H2,1H3,(H,34,39). The summed E-state index contributed by atoms with van der Waals surface area (Å²) in [6, 6.07) is 16.8.